The first-order chi connectivity index (χ1) is 10.2. The van der Waals surface area contributed by atoms with E-state index in [9.17, 15) is 9.90 Å². The molecule has 0 atom stereocenters. The summed E-state index contributed by atoms with van der Waals surface area (Å²) in [5.41, 5.74) is 1.88. The van der Waals surface area contributed by atoms with Crippen LogP contribution < -0.4 is 4.74 Å². The van der Waals surface area contributed by atoms with Crippen LogP contribution in [0.15, 0.2) is 42.7 Å². The Morgan fingerprint density at radius 3 is 2.90 bits per heavy atom. The van der Waals surface area contributed by atoms with Crippen molar-refractivity contribution >= 4 is 11.6 Å². The molecule has 0 bridgehead atoms. The fourth-order valence-corrected chi connectivity index (χ4v) is 2.16. The van der Waals surface area contributed by atoms with Crippen molar-refractivity contribution in [1.29, 1.82) is 0 Å². The van der Waals surface area contributed by atoms with Crippen LogP contribution in [0.3, 0.4) is 0 Å². The molecule has 0 saturated carbocycles. The number of fused-ring (bicyclic) bond motifs is 1. The molecule has 0 aliphatic rings. The standard InChI is InChI=1S/C15H13N3O3/c1-10-13(15(19)20)18-8-4-6-12(14(18)17-10)21-9-11-5-2-3-7-16-11/h2-8H,9H2,1H3,(H,19,20). The number of hydrogen-bond donors (Lipinski definition) is 1. The molecule has 21 heavy (non-hydrogen) atoms. The lowest BCUT2D eigenvalue weighted by Crippen LogP contribution is -2.04. The van der Waals surface area contributed by atoms with Gasteiger partial charge in [0.15, 0.2) is 17.1 Å². The molecule has 0 unspecified atom stereocenters. The largest absolute Gasteiger partial charge is 0.483 e. The van der Waals surface area contributed by atoms with E-state index in [1.807, 2.05) is 18.2 Å². The molecule has 0 aliphatic carbocycles. The number of aromatic carboxylic acids is 1. The number of ether oxygens (including phenoxy) is 1. The van der Waals surface area contributed by atoms with Gasteiger partial charge in [0.1, 0.15) is 6.61 Å². The molecule has 0 amide bonds. The average molecular weight is 283 g/mol. The highest BCUT2D eigenvalue weighted by molar-refractivity contribution is 5.88. The maximum absolute atomic E-state index is 11.3. The molecule has 0 saturated heterocycles. The molecule has 0 aliphatic heterocycles. The second-order valence-corrected chi connectivity index (χ2v) is 4.53. The zero-order chi connectivity index (χ0) is 14.8. The van der Waals surface area contributed by atoms with E-state index in [1.165, 1.54) is 4.40 Å². The fourth-order valence-electron chi connectivity index (χ4n) is 2.16. The minimum Gasteiger partial charge on any atom is -0.483 e. The lowest BCUT2D eigenvalue weighted by atomic mass is 10.3. The van der Waals surface area contributed by atoms with Gasteiger partial charge in [-0.05, 0) is 31.2 Å². The monoisotopic (exact) mass is 283 g/mol. The van der Waals surface area contributed by atoms with E-state index in [0.29, 0.717) is 23.7 Å². The number of pyridine rings is 2. The van der Waals surface area contributed by atoms with Crippen molar-refractivity contribution in [3.8, 4) is 5.75 Å². The lowest BCUT2D eigenvalue weighted by molar-refractivity contribution is 0.0688. The van der Waals surface area contributed by atoms with Gasteiger partial charge in [-0.1, -0.05) is 6.07 Å². The highest BCUT2D eigenvalue weighted by Crippen LogP contribution is 2.22. The fraction of sp³-hybridized carbons (Fsp3) is 0.133. The number of nitrogens with zero attached hydrogens (tertiary/aromatic N) is 3. The van der Waals surface area contributed by atoms with Crippen LogP contribution in [0, 0.1) is 6.92 Å². The van der Waals surface area contributed by atoms with Gasteiger partial charge >= 0.3 is 5.97 Å². The third-order valence-electron chi connectivity index (χ3n) is 3.09. The summed E-state index contributed by atoms with van der Waals surface area (Å²) in [4.78, 5) is 19.7. The summed E-state index contributed by atoms with van der Waals surface area (Å²) in [5.74, 6) is -0.486. The highest BCUT2D eigenvalue weighted by Gasteiger charge is 2.17. The van der Waals surface area contributed by atoms with Crippen molar-refractivity contribution in [3.05, 3.63) is 59.8 Å². The van der Waals surface area contributed by atoms with Gasteiger partial charge in [-0.3, -0.25) is 9.38 Å². The van der Waals surface area contributed by atoms with Gasteiger partial charge in [0.2, 0.25) is 0 Å². The van der Waals surface area contributed by atoms with Crippen molar-refractivity contribution in [3.63, 3.8) is 0 Å². The van der Waals surface area contributed by atoms with Crippen LogP contribution >= 0.6 is 0 Å². The van der Waals surface area contributed by atoms with Crippen LogP contribution in [0.4, 0.5) is 0 Å². The van der Waals surface area contributed by atoms with E-state index in [4.69, 9.17) is 4.74 Å². The second-order valence-electron chi connectivity index (χ2n) is 4.53. The molecule has 3 aromatic rings. The van der Waals surface area contributed by atoms with Crippen LogP contribution in [0.25, 0.3) is 5.65 Å². The Morgan fingerprint density at radius 1 is 1.33 bits per heavy atom. The number of carboxylic acid groups (broad SMARTS) is 1. The summed E-state index contributed by atoms with van der Waals surface area (Å²) >= 11 is 0. The van der Waals surface area contributed by atoms with Gasteiger partial charge in [-0.25, -0.2) is 9.78 Å². The number of aryl methyl sites for hydroxylation is 1. The van der Waals surface area contributed by atoms with E-state index >= 15 is 0 Å². The van der Waals surface area contributed by atoms with Crippen LogP contribution in [-0.4, -0.2) is 25.4 Å². The smallest absolute Gasteiger partial charge is 0.354 e. The van der Waals surface area contributed by atoms with Gasteiger partial charge in [-0.2, -0.15) is 0 Å². The third-order valence-corrected chi connectivity index (χ3v) is 3.09. The Bertz CT molecular complexity index is 797. The SMILES string of the molecule is Cc1nc2c(OCc3ccccn3)cccn2c1C(=O)O. The molecule has 106 valence electrons. The summed E-state index contributed by atoms with van der Waals surface area (Å²) in [6, 6.07) is 9.07. The Morgan fingerprint density at radius 2 is 2.19 bits per heavy atom. The van der Waals surface area contributed by atoms with Crippen LogP contribution in [-0.2, 0) is 6.61 Å². The summed E-state index contributed by atoms with van der Waals surface area (Å²) in [6.07, 6.45) is 3.36. The topological polar surface area (TPSA) is 76.7 Å². The van der Waals surface area contributed by atoms with Gasteiger partial charge < -0.3 is 9.84 Å². The van der Waals surface area contributed by atoms with Gasteiger partial charge in [-0.15, -0.1) is 0 Å². The Labute approximate surface area is 120 Å². The summed E-state index contributed by atoms with van der Waals surface area (Å²) in [5, 5.41) is 9.24. The van der Waals surface area contributed by atoms with Gasteiger partial charge in [0.25, 0.3) is 0 Å². The predicted octanol–water partition coefficient (Wildman–Crippen LogP) is 2.31. The first kappa shape index (κ1) is 13.1. The Hall–Kier alpha value is -2.89. The molecule has 0 spiro atoms. The van der Waals surface area contributed by atoms with Gasteiger partial charge in [0.05, 0.1) is 11.4 Å². The van der Waals surface area contributed by atoms with Crippen molar-refractivity contribution in [2.75, 3.05) is 0 Å². The normalized spacial score (nSPS) is 10.7. The molecule has 0 fully saturated rings. The number of imidazole rings is 1. The van der Waals surface area contributed by atoms with Crippen molar-refractivity contribution < 1.29 is 14.6 Å². The van der Waals surface area contributed by atoms with E-state index in [2.05, 4.69) is 9.97 Å². The molecule has 3 aromatic heterocycles. The van der Waals surface area contributed by atoms with Crippen LogP contribution in [0.2, 0.25) is 0 Å². The zero-order valence-electron chi connectivity index (χ0n) is 11.4. The van der Waals surface area contributed by atoms with E-state index in [-0.39, 0.29) is 5.69 Å². The van der Waals surface area contributed by atoms with Crippen molar-refractivity contribution in [1.82, 2.24) is 14.4 Å². The quantitative estimate of drug-likeness (QED) is 0.795. The summed E-state index contributed by atoms with van der Waals surface area (Å²) < 4.78 is 7.23. The van der Waals surface area contributed by atoms with E-state index < -0.39 is 5.97 Å². The Balaban J connectivity index is 1.96. The summed E-state index contributed by atoms with van der Waals surface area (Å²) in [7, 11) is 0. The maximum Gasteiger partial charge on any atom is 0.354 e. The molecule has 3 rings (SSSR count). The number of carboxylic acids is 1. The lowest BCUT2D eigenvalue weighted by Gasteiger charge is -2.07. The molecule has 3 heterocycles. The molecule has 6 heteroatoms. The minimum atomic E-state index is -1.01. The number of rotatable bonds is 4. The number of carbonyl (C=O) groups is 1. The first-order valence-corrected chi connectivity index (χ1v) is 6.40. The van der Waals surface area contributed by atoms with Crippen molar-refractivity contribution in [2.45, 2.75) is 13.5 Å². The second kappa shape index (κ2) is 5.24. The molecule has 0 radical (unpaired) electrons. The zero-order valence-corrected chi connectivity index (χ0v) is 11.4. The first-order valence-electron chi connectivity index (χ1n) is 6.40. The molecular weight excluding hydrogens is 270 g/mol. The number of aromatic nitrogens is 3. The molecular formula is C15H13N3O3. The number of hydrogen-bond acceptors (Lipinski definition) is 4. The van der Waals surface area contributed by atoms with E-state index in [1.54, 1.807) is 31.5 Å². The molecule has 1 N–H and O–H groups in total. The van der Waals surface area contributed by atoms with Crippen molar-refractivity contribution in [2.24, 2.45) is 0 Å². The van der Waals surface area contributed by atoms with E-state index in [0.717, 1.165) is 5.69 Å². The predicted molar refractivity (Wildman–Crippen MR) is 75.5 cm³/mol. The molecule has 6 nitrogen and oxygen atoms in total. The molecule has 0 aromatic carbocycles. The third kappa shape index (κ3) is 2.43. The van der Waals surface area contributed by atoms with Crippen LogP contribution in [0.5, 0.6) is 5.75 Å². The average Bonchev–Trinajstić information content (AvgIpc) is 2.82. The highest BCUT2D eigenvalue weighted by atomic mass is 16.5. The minimum absolute atomic E-state index is 0.147. The Kier molecular flexibility index (Phi) is 3.27. The van der Waals surface area contributed by atoms with Gasteiger partial charge in [0, 0.05) is 12.4 Å². The van der Waals surface area contributed by atoms with Crippen LogP contribution in [0.1, 0.15) is 21.9 Å². The maximum atomic E-state index is 11.3. The summed E-state index contributed by atoms with van der Waals surface area (Å²) in [6.45, 7) is 1.97.